The van der Waals surface area contributed by atoms with Crippen LogP contribution in [0.3, 0.4) is 0 Å². The molecule has 0 fully saturated rings. The number of carbonyl (C=O) groups excluding carboxylic acids is 1. The Morgan fingerprint density at radius 1 is 1.47 bits per heavy atom. The van der Waals surface area contributed by atoms with E-state index in [-0.39, 0.29) is 12.5 Å². The lowest BCUT2D eigenvalue weighted by Gasteiger charge is -2.21. The summed E-state index contributed by atoms with van der Waals surface area (Å²) >= 11 is 0. The van der Waals surface area contributed by atoms with Gasteiger partial charge in [0.25, 0.3) is 5.91 Å². The Morgan fingerprint density at radius 2 is 2.18 bits per heavy atom. The molecular formula is C12H20N2O3. The first-order valence-electron chi connectivity index (χ1n) is 5.65. The molecule has 5 nitrogen and oxygen atoms in total. The van der Waals surface area contributed by atoms with Gasteiger partial charge in [-0.05, 0) is 25.5 Å². The molecule has 0 aliphatic heterocycles. The van der Waals surface area contributed by atoms with Gasteiger partial charge in [0.2, 0.25) is 0 Å². The zero-order valence-corrected chi connectivity index (χ0v) is 10.6. The molecule has 0 saturated heterocycles. The fourth-order valence-corrected chi connectivity index (χ4v) is 1.75. The van der Waals surface area contributed by atoms with Crippen LogP contribution in [0.2, 0.25) is 0 Å². The number of nitrogens with zero attached hydrogens (tertiary/aromatic N) is 1. The van der Waals surface area contributed by atoms with E-state index in [2.05, 4.69) is 4.98 Å². The second kappa shape index (κ2) is 6.42. The van der Waals surface area contributed by atoms with Crippen LogP contribution in [0.1, 0.15) is 21.7 Å². The van der Waals surface area contributed by atoms with Crippen LogP contribution in [0.5, 0.6) is 0 Å². The molecule has 0 bridgehead atoms. The van der Waals surface area contributed by atoms with Crippen LogP contribution in [0.25, 0.3) is 0 Å². The molecule has 0 saturated carbocycles. The number of hydrogen-bond donors (Lipinski definition) is 2. The van der Waals surface area contributed by atoms with Gasteiger partial charge in [-0.3, -0.25) is 4.79 Å². The maximum absolute atomic E-state index is 12.2. The molecule has 0 aliphatic rings. The van der Waals surface area contributed by atoms with Gasteiger partial charge in [0.1, 0.15) is 5.69 Å². The van der Waals surface area contributed by atoms with Crippen molar-refractivity contribution in [3.8, 4) is 0 Å². The number of aliphatic hydroxyl groups excluding tert-OH is 1. The highest BCUT2D eigenvalue weighted by molar-refractivity contribution is 5.94. The molecule has 5 heteroatoms. The normalized spacial score (nSPS) is 10.6. The lowest BCUT2D eigenvalue weighted by molar-refractivity contribution is 0.0650. The lowest BCUT2D eigenvalue weighted by atomic mass is 10.2. The van der Waals surface area contributed by atoms with E-state index in [1.165, 1.54) is 0 Å². The zero-order chi connectivity index (χ0) is 12.8. The Bertz CT molecular complexity index is 374. The van der Waals surface area contributed by atoms with Crippen LogP contribution < -0.4 is 0 Å². The molecule has 96 valence electrons. The number of aromatic nitrogens is 1. The fourth-order valence-electron chi connectivity index (χ4n) is 1.75. The Labute approximate surface area is 101 Å². The highest BCUT2D eigenvalue weighted by Gasteiger charge is 2.18. The Kier molecular flexibility index (Phi) is 5.18. The summed E-state index contributed by atoms with van der Waals surface area (Å²) in [5.41, 5.74) is 2.47. The van der Waals surface area contributed by atoms with Gasteiger partial charge in [-0.1, -0.05) is 0 Å². The number of aromatic amines is 1. The van der Waals surface area contributed by atoms with Gasteiger partial charge in [0, 0.05) is 25.9 Å². The van der Waals surface area contributed by atoms with Gasteiger partial charge in [0.15, 0.2) is 0 Å². The van der Waals surface area contributed by atoms with Crippen molar-refractivity contribution in [1.29, 1.82) is 0 Å². The number of H-pyrrole nitrogens is 1. The topological polar surface area (TPSA) is 65.6 Å². The van der Waals surface area contributed by atoms with Crippen molar-refractivity contribution in [3.63, 3.8) is 0 Å². The summed E-state index contributed by atoms with van der Waals surface area (Å²) in [5.74, 6) is -0.0956. The zero-order valence-electron chi connectivity index (χ0n) is 10.6. The Morgan fingerprint density at radius 3 is 2.65 bits per heavy atom. The maximum Gasteiger partial charge on any atom is 0.270 e. The van der Waals surface area contributed by atoms with E-state index in [1.807, 2.05) is 19.9 Å². The molecule has 0 aliphatic carbocycles. The molecule has 1 aromatic rings. The first kappa shape index (κ1) is 13.7. The molecule has 0 unspecified atom stereocenters. The standard InChI is InChI=1S/C12H20N2O3/c1-9-8-10(2)13-11(9)12(16)14(4-6-15)5-7-17-3/h8,13,15H,4-7H2,1-3H3. The molecule has 17 heavy (non-hydrogen) atoms. The van der Waals surface area contributed by atoms with E-state index < -0.39 is 0 Å². The largest absolute Gasteiger partial charge is 0.395 e. The van der Waals surface area contributed by atoms with E-state index in [4.69, 9.17) is 9.84 Å². The summed E-state index contributed by atoms with van der Waals surface area (Å²) < 4.78 is 4.95. The third kappa shape index (κ3) is 3.57. The van der Waals surface area contributed by atoms with Gasteiger partial charge >= 0.3 is 0 Å². The quantitative estimate of drug-likeness (QED) is 0.769. The van der Waals surface area contributed by atoms with Gasteiger partial charge in [0.05, 0.1) is 13.2 Å². The molecule has 0 radical (unpaired) electrons. The predicted octanol–water partition coefficient (Wildman–Crippen LogP) is 0.712. The molecule has 0 aromatic carbocycles. The molecule has 1 rings (SSSR count). The smallest absolute Gasteiger partial charge is 0.270 e. The molecule has 1 heterocycles. The number of rotatable bonds is 6. The van der Waals surface area contributed by atoms with Crippen LogP contribution in [0.15, 0.2) is 6.07 Å². The van der Waals surface area contributed by atoms with Gasteiger partial charge in [-0.15, -0.1) is 0 Å². The highest BCUT2D eigenvalue weighted by Crippen LogP contribution is 2.11. The van der Waals surface area contributed by atoms with Crippen molar-refractivity contribution in [3.05, 3.63) is 23.0 Å². The molecule has 1 aromatic heterocycles. The third-order valence-electron chi connectivity index (χ3n) is 2.59. The van der Waals surface area contributed by atoms with Crippen molar-refractivity contribution in [2.45, 2.75) is 13.8 Å². The monoisotopic (exact) mass is 240 g/mol. The minimum atomic E-state index is -0.0956. The van der Waals surface area contributed by atoms with Crippen LogP contribution >= 0.6 is 0 Å². The maximum atomic E-state index is 12.2. The van der Waals surface area contributed by atoms with Gasteiger partial charge in [-0.2, -0.15) is 0 Å². The number of hydrogen-bond acceptors (Lipinski definition) is 3. The van der Waals surface area contributed by atoms with Gasteiger partial charge < -0.3 is 19.7 Å². The van der Waals surface area contributed by atoms with Crippen LogP contribution in [0.4, 0.5) is 0 Å². The summed E-state index contributed by atoms with van der Waals surface area (Å²) in [5, 5.41) is 8.96. The average molecular weight is 240 g/mol. The number of aryl methyl sites for hydroxylation is 2. The van der Waals surface area contributed by atoms with Crippen LogP contribution in [0, 0.1) is 13.8 Å². The summed E-state index contributed by atoms with van der Waals surface area (Å²) in [6.45, 7) is 5.02. The Hall–Kier alpha value is -1.33. The van der Waals surface area contributed by atoms with E-state index in [9.17, 15) is 4.79 Å². The van der Waals surface area contributed by atoms with E-state index >= 15 is 0 Å². The van der Waals surface area contributed by atoms with Crippen molar-refractivity contribution >= 4 is 5.91 Å². The first-order chi connectivity index (χ1) is 8.10. The van der Waals surface area contributed by atoms with Crippen molar-refractivity contribution in [2.75, 3.05) is 33.4 Å². The van der Waals surface area contributed by atoms with E-state index in [0.29, 0.717) is 25.4 Å². The SMILES string of the molecule is COCCN(CCO)C(=O)c1[nH]c(C)cc1C. The third-order valence-corrected chi connectivity index (χ3v) is 2.59. The van der Waals surface area contributed by atoms with Crippen LogP contribution in [-0.4, -0.2) is 54.3 Å². The second-order valence-electron chi connectivity index (χ2n) is 4.02. The average Bonchev–Trinajstić information content (AvgIpc) is 2.63. The summed E-state index contributed by atoms with van der Waals surface area (Å²) in [7, 11) is 1.59. The van der Waals surface area contributed by atoms with E-state index in [0.717, 1.165) is 11.3 Å². The number of nitrogens with one attached hydrogen (secondary N) is 1. The molecule has 0 spiro atoms. The molecule has 1 amide bonds. The number of carbonyl (C=O) groups is 1. The fraction of sp³-hybridized carbons (Fsp3) is 0.583. The number of aliphatic hydroxyl groups is 1. The van der Waals surface area contributed by atoms with Crippen molar-refractivity contribution in [1.82, 2.24) is 9.88 Å². The van der Waals surface area contributed by atoms with E-state index in [1.54, 1.807) is 12.0 Å². The molecule has 2 N–H and O–H groups in total. The predicted molar refractivity (Wildman–Crippen MR) is 65.1 cm³/mol. The second-order valence-corrected chi connectivity index (χ2v) is 4.02. The molecule has 0 atom stereocenters. The highest BCUT2D eigenvalue weighted by atomic mass is 16.5. The van der Waals surface area contributed by atoms with Crippen molar-refractivity contribution < 1.29 is 14.6 Å². The summed E-state index contributed by atoms with van der Waals surface area (Å²) in [6.07, 6.45) is 0. The first-order valence-corrected chi connectivity index (χ1v) is 5.65. The van der Waals surface area contributed by atoms with Crippen LogP contribution in [-0.2, 0) is 4.74 Å². The Balaban J connectivity index is 2.79. The molecular weight excluding hydrogens is 220 g/mol. The minimum absolute atomic E-state index is 0.0474. The number of methoxy groups -OCH3 is 1. The summed E-state index contributed by atoms with van der Waals surface area (Å²) in [6, 6.07) is 1.93. The van der Waals surface area contributed by atoms with Gasteiger partial charge in [-0.25, -0.2) is 0 Å². The summed E-state index contributed by atoms with van der Waals surface area (Å²) in [4.78, 5) is 16.8. The number of amides is 1. The number of ether oxygens (including phenoxy) is 1. The minimum Gasteiger partial charge on any atom is -0.395 e. The lowest BCUT2D eigenvalue weighted by Crippen LogP contribution is -2.36. The van der Waals surface area contributed by atoms with Crippen molar-refractivity contribution in [2.24, 2.45) is 0 Å².